The molecule has 0 aromatic heterocycles. The first-order chi connectivity index (χ1) is 12.0. The highest BCUT2D eigenvalue weighted by atomic mass is 35.5. The molecule has 1 N–H and O–H groups in total. The lowest BCUT2D eigenvalue weighted by molar-refractivity contribution is 0.142. The van der Waals surface area contributed by atoms with Gasteiger partial charge in [0.05, 0.1) is 0 Å². The molecule has 0 radical (unpaired) electrons. The smallest absolute Gasteiger partial charge is 0.321 e. The summed E-state index contributed by atoms with van der Waals surface area (Å²) in [6, 6.07) is 10.1. The van der Waals surface area contributed by atoms with Crippen LogP contribution in [0.15, 0.2) is 42.5 Å². The van der Waals surface area contributed by atoms with Crippen molar-refractivity contribution in [3.63, 3.8) is 0 Å². The Bertz CT molecular complexity index is 743. The van der Waals surface area contributed by atoms with Crippen molar-refractivity contribution < 1.29 is 13.6 Å². The molecule has 1 saturated heterocycles. The molecule has 3 rings (SSSR count). The third kappa shape index (κ3) is 4.46. The molecule has 25 heavy (non-hydrogen) atoms. The molecule has 0 aliphatic carbocycles. The molecule has 1 heterocycles. The number of halogens is 3. The molecule has 0 atom stereocenters. The van der Waals surface area contributed by atoms with Crippen molar-refractivity contribution in [3.8, 4) is 0 Å². The van der Waals surface area contributed by atoms with Gasteiger partial charge in [-0.3, -0.25) is 4.90 Å². The van der Waals surface area contributed by atoms with Gasteiger partial charge in [0.2, 0.25) is 0 Å². The molecule has 0 spiro atoms. The second-order valence-electron chi connectivity index (χ2n) is 5.90. The van der Waals surface area contributed by atoms with Crippen molar-refractivity contribution in [1.29, 1.82) is 0 Å². The number of amides is 2. The van der Waals surface area contributed by atoms with E-state index >= 15 is 0 Å². The molecule has 2 aromatic rings. The maximum Gasteiger partial charge on any atom is 0.321 e. The van der Waals surface area contributed by atoms with E-state index in [0.29, 0.717) is 49.0 Å². The Hall–Kier alpha value is -2.18. The number of rotatable bonds is 3. The number of benzene rings is 2. The third-order valence-electron chi connectivity index (χ3n) is 4.18. The highest BCUT2D eigenvalue weighted by molar-refractivity contribution is 6.31. The molecule has 132 valence electrons. The number of urea groups is 1. The molecule has 7 heteroatoms. The highest BCUT2D eigenvalue weighted by Gasteiger charge is 2.22. The Morgan fingerprint density at radius 3 is 2.48 bits per heavy atom. The average Bonchev–Trinajstić information content (AvgIpc) is 2.59. The van der Waals surface area contributed by atoms with Gasteiger partial charge >= 0.3 is 6.03 Å². The zero-order valence-electron chi connectivity index (χ0n) is 13.5. The summed E-state index contributed by atoms with van der Waals surface area (Å²) >= 11 is 6.06. The van der Waals surface area contributed by atoms with Gasteiger partial charge in [-0.1, -0.05) is 23.7 Å². The van der Waals surface area contributed by atoms with Gasteiger partial charge in [-0.15, -0.1) is 0 Å². The van der Waals surface area contributed by atoms with Gasteiger partial charge in [-0.25, -0.2) is 13.6 Å². The van der Waals surface area contributed by atoms with Gasteiger partial charge in [0.15, 0.2) is 0 Å². The Morgan fingerprint density at radius 2 is 1.80 bits per heavy atom. The third-order valence-corrected chi connectivity index (χ3v) is 4.53. The van der Waals surface area contributed by atoms with E-state index < -0.39 is 5.82 Å². The van der Waals surface area contributed by atoms with Crippen LogP contribution in [0.5, 0.6) is 0 Å². The van der Waals surface area contributed by atoms with E-state index in [9.17, 15) is 13.6 Å². The zero-order chi connectivity index (χ0) is 17.8. The summed E-state index contributed by atoms with van der Waals surface area (Å²) in [6.45, 7) is 2.65. The van der Waals surface area contributed by atoms with Gasteiger partial charge < -0.3 is 10.2 Å². The Balaban J connectivity index is 1.54. The van der Waals surface area contributed by atoms with Gasteiger partial charge in [0.25, 0.3) is 0 Å². The predicted octanol–water partition coefficient (Wildman–Crippen LogP) is 3.97. The van der Waals surface area contributed by atoms with E-state index in [1.807, 2.05) is 0 Å². The van der Waals surface area contributed by atoms with Crippen LogP contribution in [0.3, 0.4) is 0 Å². The van der Waals surface area contributed by atoms with Gasteiger partial charge in [-0.05, 0) is 30.3 Å². The molecule has 1 aliphatic rings. The minimum absolute atomic E-state index is 0.269. The van der Waals surface area contributed by atoms with Crippen molar-refractivity contribution in [1.82, 2.24) is 9.80 Å². The first-order valence-corrected chi connectivity index (χ1v) is 8.37. The number of nitrogens with one attached hydrogen (secondary N) is 1. The zero-order valence-corrected chi connectivity index (χ0v) is 14.3. The number of carbonyl (C=O) groups is 1. The van der Waals surface area contributed by atoms with Gasteiger partial charge in [-0.2, -0.15) is 0 Å². The molecular weight excluding hydrogens is 348 g/mol. The van der Waals surface area contributed by atoms with Crippen LogP contribution in [-0.2, 0) is 6.54 Å². The molecular formula is C18H18ClF2N3O. The first-order valence-electron chi connectivity index (χ1n) is 7.99. The van der Waals surface area contributed by atoms with Crippen LogP contribution in [0.1, 0.15) is 5.56 Å². The molecule has 1 fully saturated rings. The van der Waals surface area contributed by atoms with Crippen LogP contribution in [-0.4, -0.2) is 42.0 Å². The lowest BCUT2D eigenvalue weighted by atomic mass is 10.2. The van der Waals surface area contributed by atoms with E-state index in [-0.39, 0.29) is 11.8 Å². The lowest BCUT2D eigenvalue weighted by Gasteiger charge is -2.34. The second kappa shape index (κ2) is 7.80. The van der Waals surface area contributed by atoms with Crippen molar-refractivity contribution in [2.24, 2.45) is 0 Å². The topological polar surface area (TPSA) is 35.6 Å². The maximum atomic E-state index is 13.9. The van der Waals surface area contributed by atoms with E-state index in [1.54, 1.807) is 29.2 Å². The SMILES string of the molecule is O=C(Nc1cccc(F)c1)N1CCN(Cc2c(F)cccc2Cl)CC1. The van der Waals surface area contributed by atoms with E-state index in [2.05, 4.69) is 10.2 Å². The maximum absolute atomic E-state index is 13.9. The molecule has 0 bridgehead atoms. The van der Waals surface area contributed by atoms with Crippen molar-refractivity contribution in [2.45, 2.75) is 6.54 Å². The van der Waals surface area contributed by atoms with E-state index in [1.165, 1.54) is 18.2 Å². The fraction of sp³-hybridized carbons (Fsp3) is 0.278. The quantitative estimate of drug-likeness (QED) is 0.893. The largest absolute Gasteiger partial charge is 0.322 e. The average molecular weight is 366 g/mol. The summed E-state index contributed by atoms with van der Waals surface area (Å²) in [4.78, 5) is 16.0. The van der Waals surface area contributed by atoms with Crippen LogP contribution in [0.25, 0.3) is 0 Å². The standard InChI is InChI=1S/C18H18ClF2N3O/c19-16-5-2-6-17(21)15(16)12-23-7-9-24(10-8-23)18(25)22-14-4-1-3-13(20)11-14/h1-6,11H,7-10,12H2,(H,22,25). The number of anilines is 1. The number of hydrogen-bond acceptors (Lipinski definition) is 2. The number of piperazine rings is 1. The summed E-state index contributed by atoms with van der Waals surface area (Å²) in [5.74, 6) is -0.719. The molecule has 1 aliphatic heterocycles. The molecule has 0 saturated carbocycles. The summed E-state index contributed by atoms with van der Waals surface area (Å²) in [6.07, 6.45) is 0. The van der Waals surface area contributed by atoms with Gasteiger partial charge in [0.1, 0.15) is 11.6 Å². The fourth-order valence-electron chi connectivity index (χ4n) is 2.78. The van der Waals surface area contributed by atoms with Crippen molar-refractivity contribution in [3.05, 3.63) is 64.7 Å². The fourth-order valence-corrected chi connectivity index (χ4v) is 3.01. The van der Waals surface area contributed by atoms with Crippen LogP contribution in [0.2, 0.25) is 5.02 Å². The highest BCUT2D eigenvalue weighted by Crippen LogP contribution is 2.21. The summed E-state index contributed by atoms with van der Waals surface area (Å²) in [5.41, 5.74) is 0.896. The van der Waals surface area contributed by atoms with Gasteiger partial charge in [0, 0.05) is 49.0 Å². The summed E-state index contributed by atoms with van der Waals surface area (Å²) < 4.78 is 27.0. The minimum Gasteiger partial charge on any atom is -0.322 e. The Morgan fingerprint density at radius 1 is 1.08 bits per heavy atom. The molecule has 2 amide bonds. The van der Waals surface area contributed by atoms with E-state index in [0.717, 1.165) is 0 Å². The number of carbonyl (C=O) groups excluding carboxylic acids is 1. The first kappa shape index (κ1) is 17.6. The Labute approximate surface area is 150 Å². The molecule has 2 aromatic carbocycles. The summed E-state index contributed by atoms with van der Waals surface area (Å²) in [7, 11) is 0. The summed E-state index contributed by atoms with van der Waals surface area (Å²) in [5, 5.41) is 3.09. The number of hydrogen-bond donors (Lipinski definition) is 1. The van der Waals surface area contributed by atoms with Crippen molar-refractivity contribution in [2.75, 3.05) is 31.5 Å². The second-order valence-corrected chi connectivity index (χ2v) is 6.31. The normalized spacial score (nSPS) is 15.2. The van der Waals surface area contributed by atoms with Crippen molar-refractivity contribution >= 4 is 23.3 Å². The van der Waals surface area contributed by atoms with Crippen LogP contribution in [0, 0.1) is 11.6 Å². The number of nitrogens with zero attached hydrogens (tertiary/aromatic N) is 2. The van der Waals surface area contributed by atoms with Crippen LogP contribution < -0.4 is 5.32 Å². The molecule has 4 nitrogen and oxygen atoms in total. The lowest BCUT2D eigenvalue weighted by Crippen LogP contribution is -2.49. The Kier molecular flexibility index (Phi) is 5.50. The van der Waals surface area contributed by atoms with Crippen LogP contribution >= 0.6 is 11.6 Å². The van der Waals surface area contributed by atoms with E-state index in [4.69, 9.17) is 11.6 Å². The monoisotopic (exact) mass is 365 g/mol. The minimum atomic E-state index is -0.399. The predicted molar refractivity (Wildman–Crippen MR) is 93.7 cm³/mol. The molecule has 0 unspecified atom stereocenters. The van der Waals surface area contributed by atoms with Crippen LogP contribution in [0.4, 0.5) is 19.3 Å².